The lowest BCUT2D eigenvalue weighted by molar-refractivity contribution is -0.122. The number of piperidine rings is 1. The number of halogens is 1. The smallest absolute Gasteiger partial charge is 0.277 e. The molecule has 1 aromatic carbocycles. The Hall–Kier alpha value is -1.99. The molecule has 1 aliphatic rings. The van der Waals surface area contributed by atoms with Gasteiger partial charge in [-0.1, -0.05) is 17.3 Å². The van der Waals surface area contributed by atoms with Crippen molar-refractivity contribution in [2.45, 2.75) is 31.8 Å². The zero-order chi connectivity index (χ0) is 15.4. The van der Waals surface area contributed by atoms with Crippen LogP contribution in [0.25, 0.3) is 10.9 Å². The van der Waals surface area contributed by atoms with E-state index >= 15 is 0 Å². The number of fused-ring (bicyclic) bond motifs is 1. The zero-order valence-electron chi connectivity index (χ0n) is 12.7. The maximum absolute atomic E-state index is 12.3. The molecule has 0 atom stereocenters. The summed E-state index contributed by atoms with van der Waals surface area (Å²) in [6.45, 7) is 2.11. The van der Waals surface area contributed by atoms with Gasteiger partial charge in [0.05, 0.1) is 11.9 Å². The van der Waals surface area contributed by atoms with Crippen LogP contribution in [0.4, 0.5) is 0 Å². The molecule has 0 bridgehead atoms. The third-order valence-corrected chi connectivity index (χ3v) is 3.88. The number of hydrogen-bond acceptors (Lipinski definition) is 5. The van der Waals surface area contributed by atoms with E-state index in [1.54, 1.807) is 18.2 Å². The van der Waals surface area contributed by atoms with Crippen LogP contribution in [-0.4, -0.2) is 40.0 Å². The summed E-state index contributed by atoms with van der Waals surface area (Å²) in [5.74, 6) is -0.0474. The van der Waals surface area contributed by atoms with Crippen molar-refractivity contribution in [1.29, 1.82) is 0 Å². The van der Waals surface area contributed by atoms with Crippen LogP contribution in [0.1, 0.15) is 19.3 Å². The summed E-state index contributed by atoms with van der Waals surface area (Å²) in [6.07, 6.45) is 2.12. The molecule has 2 aromatic rings. The summed E-state index contributed by atoms with van der Waals surface area (Å²) in [6, 6.07) is 7.30. The normalized spacial score (nSPS) is 15.1. The van der Waals surface area contributed by atoms with Gasteiger partial charge >= 0.3 is 0 Å². The molecule has 124 valence electrons. The molecule has 1 aromatic heterocycles. The fraction of sp³-hybridized carbons (Fsp3) is 0.467. The maximum atomic E-state index is 12.3. The molecule has 0 saturated carbocycles. The second-order valence-corrected chi connectivity index (χ2v) is 5.48. The Morgan fingerprint density at radius 1 is 1.30 bits per heavy atom. The van der Waals surface area contributed by atoms with E-state index in [0.29, 0.717) is 10.9 Å². The number of rotatable bonds is 4. The van der Waals surface area contributed by atoms with Crippen LogP contribution < -0.4 is 16.2 Å². The SMILES string of the molecule is Cl.O=C(CCn1nnc2ccccc2c1=O)NC1CCNCC1. The molecule has 0 aliphatic carbocycles. The standard InChI is InChI=1S/C15H19N5O2.ClH/c21-14(17-11-5-8-16-9-6-11)7-10-20-15(22)12-3-1-2-4-13(12)18-19-20;/h1-4,11,16H,5-10H2,(H,17,21);1H. The fourth-order valence-corrected chi connectivity index (χ4v) is 2.64. The Morgan fingerprint density at radius 3 is 2.83 bits per heavy atom. The van der Waals surface area contributed by atoms with Crippen molar-refractivity contribution in [3.63, 3.8) is 0 Å². The van der Waals surface area contributed by atoms with Gasteiger partial charge in [0.2, 0.25) is 5.91 Å². The van der Waals surface area contributed by atoms with E-state index in [-0.39, 0.29) is 42.9 Å². The molecule has 3 rings (SSSR count). The molecule has 8 heteroatoms. The van der Waals surface area contributed by atoms with Crippen molar-refractivity contribution < 1.29 is 4.79 Å². The van der Waals surface area contributed by atoms with Crippen molar-refractivity contribution in [1.82, 2.24) is 25.6 Å². The third-order valence-electron chi connectivity index (χ3n) is 3.88. The molecule has 1 amide bonds. The lowest BCUT2D eigenvalue weighted by atomic mass is 10.1. The topological polar surface area (TPSA) is 88.9 Å². The number of carbonyl (C=O) groups is 1. The predicted octanol–water partition coefficient (Wildman–Crippen LogP) is 0.472. The highest BCUT2D eigenvalue weighted by atomic mass is 35.5. The number of aromatic nitrogens is 3. The third kappa shape index (κ3) is 4.27. The Bertz CT molecular complexity index is 727. The average molecular weight is 338 g/mol. The molecule has 2 N–H and O–H groups in total. The Labute approximate surface area is 139 Å². The Balaban J connectivity index is 0.00000192. The average Bonchev–Trinajstić information content (AvgIpc) is 2.55. The summed E-state index contributed by atoms with van der Waals surface area (Å²) in [5, 5.41) is 14.7. The van der Waals surface area contributed by atoms with Gasteiger partial charge in [-0.3, -0.25) is 9.59 Å². The van der Waals surface area contributed by atoms with Gasteiger partial charge in [0.25, 0.3) is 5.56 Å². The van der Waals surface area contributed by atoms with Gasteiger partial charge in [-0.2, -0.15) is 0 Å². The van der Waals surface area contributed by atoms with E-state index in [9.17, 15) is 9.59 Å². The fourth-order valence-electron chi connectivity index (χ4n) is 2.64. The van der Waals surface area contributed by atoms with Crippen LogP contribution in [-0.2, 0) is 11.3 Å². The summed E-state index contributed by atoms with van der Waals surface area (Å²) in [5.41, 5.74) is 0.364. The molecular weight excluding hydrogens is 318 g/mol. The minimum atomic E-state index is -0.208. The number of amides is 1. The second-order valence-electron chi connectivity index (χ2n) is 5.48. The van der Waals surface area contributed by atoms with Crippen LogP contribution >= 0.6 is 12.4 Å². The highest BCUT2D eigenvalue weighted by Crippen LogP contribution is 2.04. The van der Waals surface area contributed by atoms with Crippen molar-refractivity contribution in [3.05, 3.63) is 34.6 Å². The first-order valence-electron chi connectivity index (χ1n) is 7.56. The Kier molecular flexibility index (Phi) is 6.06. The minimum absolute atomic E-state index is 0. The number of carbonyl (C=O) groups excluding carboxylic acids is 1. The molecule has 0 unspecified atom stereocenters. The molecule has 1 fully saturated rings. The van der Waals surface area contributed by atoms with Crippen molar-refractivity contribution in [2.24, 2.45) is 0 Å². The largest absolute Gasteiger partial charge is 0.353 e. The molecule has 23 heavy (non-hydrogen) atoms. The van der Waals surface area contributed by atoms with Crippen LogP contribution in [0.5, 0.6) is 0 Å². The number of benzene rings is 1. The van der Waals surface area contributed by atoms with Crippen LogP contribution in [0.3, 0.4) is 0 Å². The van der Waals surface area contributed by atoms with E-state index in [1.807, 2.05) is 6.07 Å². The van der Waals surface area contributed by atoms with E-state index < -0.39 is 0 Å². The van der Waals surface area contributed by atoms with E-state index in [2.05, 4.69) is 20.9 Å². The van der Waals surface area contributed by atoms with Crippen LogP contribution in [0.15, 0.2) is 29.1 Å². The lowest BCUT2D eigenvalue weighted by Gasteiger charge is -2.23. The summed E-state index contributed by atoms with van der Waals surface area (Å²) >= 11 is 0. The molecular formula is C15H20ClN5O2. The number of nitrogens with one attached hydrogen (secondary N) is 2. The van der Waals surface area contributed by atoms with Gasteiger partial charge in [-0.05, 0) is 38.1 Å². The van der Waals surface area contributed by atoms with Crippen LogP contribution in [0.2, 0.25) is 0 Å². The van der Waals surface area contributed by atoms with E-state index in [0.717, 1.165) is 25.9 Å². The number of nitrogens with zero attached hydrogens (tertiary/aromatic N) is 3. The monoisotopic (exact) mass is 337 g/mol. The molecule has 1 saturated heterocycles. The zero-order valence-corrected chi connectivity index (χ0v) is 13.5. The van der Waals surface area contributed by atoms with Crippen LogP contribution in [0, 0.1) is 0 Å². The van der Waals surface area contributed by atoms with Gasteiger partial charge in [0.1, 0.15) is 5.52 Å². The predicted molar refractivity (Wildman–Crippen MR) is 89.7 cm³/mol. The highest BCUT2D eigenvalue weighted by molar-refractivity contribution is 5.85. The quantitative estimate of drug-likeness (QED) is 0.846. The first kappa shape index (κ1) is 17.4. The number of hydrogen-bond donors (Lipinski definition) is 2. The Morgan fingerprint density at radius 2 is 2.04 bits per heavy atom. The van der Waals surface area contributed by atoms with Crippen molar-refractivity contribution in [3.8, 4) is 0 Å². The van der Waals surface area contributed by atoms with Crippen molar-refractivity contribution >= 4 is 29.2 Å². The molecule has 2 heterocycles. The summed E-state index contributed by atoms with van der Waals surface area (Å²) < 4.78 is 1.25. The molecule has 0 spiro atoms. The maximum Gasteiger partial charge on any atom is 0.277 e. The van der Waals surface area contributed by atoms with E-state index in [1.165, 1.54) is 4.68 Å². The van der Waals surface area contributed by atoms with Gasteiger partial charge in [0.15, 0.2) is 0 Å². The van der Waals surface area contributed by atoms with Gasteiger partial charge in [0, 0.05) is 12.5 Å². The van der Waals surface area contributed by atoms with E-state index in [4.69, 9.17) is 0 Å². The lowest BCUT2D eigenvalue weighted by Crippen LogP contribution is -2.43. The second kappa shape index (κ2) is 8.03. The van der Waals surface area contributed by atoms with Gasteiger partial charge < -0.3 is 10.6 Å². The molecule has 0 radical (unpaired) electrons. The molecule has 1 aliphatic heterocycles. The van der Waals surface area contributed by atoms with Gasteiger partial charge in [-0.25, -0.2) is 4.68 Å². The van der Waals surface area contributed by atoms with Gasteiger partial charge in [-0.15, -0.1) is 17.5 Å². The summed E-state index contributed by atoms with van der Waals surface area (Å²) in [7, 11) is 0. The first-order valence-corrected chi connectivity index (χ1v) is 7.56. The highest BCUT2D eigenvalue weighted by Gasteiger charge is 2.15. The summed E-state index contributed by atoms with van der Waals surface area (Å²) in [4.78, 5) is 24.2. The van der Waals surface area contributed by atoms with Crippen molar-refractivity contribution in [2.75, 3.05) is 13.1 Å². The first-order chi connectivity index (χ1) is 10.7. The molecule has 7 nitrogen and oxygen atoms in total. The minimum Gasteiger partial charge on any atom is -0.353 e. The number of aryl methyl sites for hydroxylation is 1.